The Labute approximate surface area is 134 Å². The topological polar surface area (TPSA) is 87.2 Å². The zero-order chi connectivity index (χ0) is 15.4. The molecule has 0 aliphatic heterocycles. The molecule has 0 spiro atoms. The molecule has 118 valence electrons. The van der Waals surface area contributed by atoms with Gasteiger partial charge in [0.25, 0.3) is 5.91 Å². The van der Waals surface area contributed by atoms with E-state index in [9.17, 15) is 14.7 Å². The number of carbonyl (C=O) groups excluding carboxylic acids is 2. The van der Waals surface area contributed by atoms with Crippen molar-refractivity contribution in [1.29, 1.82) is 0 Å². The molecule has 0 aliphatic rings. The van der Waals surface area contributed by atoms with Crippen molar-refractivity contribution < 1.29 is 31.7 Å². The van der Waals surface area contributed by atoms with Gasteiger partial charge in [-0.1, -0.05) is 6.07 Å². The highest BCUT2D eigenvalue weighted by Gasteiger charge is 2.14. The second kappa shape index (κ2) is 7.46. The molecular weight excluding hydrogens is 308 g/mol. The number of aromatic nitrogens is 2. The monoisotopic (exact) mass is 324 g/mol. The predicted octanol–water partition coefficient (Wildman–Crippen LogP) is -2.38. The van der Waals surface area contributed by atoms with Crippen LogP contribution in [0.2, 0.25) is 0 Å². The van der Waals surface area contributed by atoms with Crippen LogP contribution < -0.4 is 27.6 Å². The van der Waals surface area contributed by atoms with Crippen LogP contribution in [0.1, 0.15) is 6.92 Å². The predicted molar refractivity (Wildman–Crippen MR) is 76.6 cm³/mol. The van der Waals surface area contributed by atoms with Crippen molar-refractivity contribution in [3.05, 3.63) is 36.9 Å². The first-order chi connectivity index (χ1) is 9.95. The van der Waals surface area contributed by atoms with Gasteiger partial charge >= 0.3 is 0 Å². The molecule has 3 N–H and O–H groups in total. The largest absolute Gasteiger partial charge is 1.00 e. The van der Waals surface area contributed by atoms with E-state index in [1.807, 2.05) is 17.8 Å². The quantitative estimate of drug-likeness (QED) is 0.433. The lowest BCUT2D eigenvalue weighted by Crippen LogP contribution is -3.00. The number of rotatable bonds is 4. The summed E-state index contributed by atoms with van der Waals surface area (Å²) >= 11 is 0. The third-order valence-corrected chi connectivity index (χ3v) is 2.77. The molecule has 2 amide bonds. The van der Waals surface area contributed by atoms with Gasteiger partial charge in [0.2, 0.25) is 12.2 Å². The standard InChI is InChI=1S/C14H16N4O3.ClH/c1-10(19)15-11-4-3-5-12(20)14(11)16-13(21)8-18-7-6-17(2)9-18;/h3-7,9H,8H2,1-2H3,(H2-,15,16,19,20,21);1H. The molecule has 0 radical (unpaired) electrons. The van der Waals surface area contributed by atoms with E-state index in [1.54, 1.807) is 29.2 Å². The second-order valence-electron chi connectivity index (χ2n) is 4.68. The number of aromatic hydroxyl groups is 1. The number of amides is 2. The van der Waals surface area contributed by atoms with Crippen LogP contribution in [0.15, 0.2) is 36.9 Å². The van der Waals surface area contributed by atoms with Gasteiger partial charge in [0.1, 0.15) is 23.8 Å². The highest BCUT2D eigenvalue weighted by Crippen LogP contribution is 2.31. The number of hydrogen-bond acceptors (Lipinski definition) is 3. The molecule has 0 saturated carbocycles. The van der Waals surface area contributed by atoms with Crippen LogP contribution in [-0.4, -0.2) is 21.5 Å². The number of para-hydroxylation sites is 1. The van der Waals surface area contributed by atoms with Crippen LogP contribution in [-0.2, 0) is 23.2 Å². The van der Waals surface area contributed by atoms with E-state index in [-0.39, 0.29) is 42.2 Å². The van der Waals surface area contributed by atoms with Crippen LogP contribution in [0.5, 0.6) is 5.75 Å². The van der Waals surface area contributed by atoms with Crippen LogP contribution >= 0.6 is 0 Å². The van der Waals surface area contributed by atoms with E-state index in [0.717, 1.165) is 0 Å². The Hall–Kier alpha value is -2.54. The zero-order valence-corrected chi connectivity index (χ0v) is 13.0. The number of hydrogen-bond donors (Lipinski definition) is 3. The molecule has 0 bridgehead atoms. The fraction of sp³-hybridized carbons (Fsp3) is 0.214. The van der Waals surface area contributed by atoms with E-state index in [1.165, 1.54) is 13.0 Å². The Morgan fingerprint density at radius 1 is 1.32 bits per heavy atom. The molecule has 7 nitrogen and oxygen atoms in total. The molecule has 0 aliphatic carbocycles. The van der Waals surface area contributed by atoms with Crippen molar-refractivity contribution in [1.82, 2.24) is 4.57 Å². The van der Waals surface area contributed by atoms with Gasteiger partial charge in [-0.3, -0.25) is 9.59 Å². The lowest BCUT2D eigenvalue weighted by Gasteiger charge is -2.12. The second-order valence-corrected chi connectivity index (χ2v) is 4.68. The van der Waals surface area contributed by atoms with Crippen molar-refractivity contribution >= 4 is 23.2 Å². The number of phenolic OH excluding ortho intramolecular Hbond substituents is 1. The van der Waals surface area contributed by atoms with E-state index in [2.05, 4.69) is 10.6 Å². The van der Waals surface area contributed by atoms with Gasteiger partial charge in [-0.25, -0.2) is 9.13 Å². The molecule has 1 aromatic carbocycles. The van der Waals surface area contributed by atoms with E-state index in [4.69, 9.17) is 0 Å². The van der Waals surface area contributed by atoms with Gasteiger partial charge in [0, 0.05) is 6.92 Å². The third kappa shape index (κ3) is 4.49. The molecule has 8 heteroatoms. The number of aryl methyl sites for hydroxylation is 1. The van der Waals surface area contributed by atoms with Crippen LogP contribution in [0, 0.1) is 0 Å². The van der Waals surface area contributed by atoms with Crippen molar-refractivity contribution in [3.8, 4) is 5.75 Å². The lowest BCUT2D eigenvalue weighted by atomic mass is 10.2. The molecular formula is C14H17ClN4O3. The summed E-state index contributed by atoms with van der Waals surface area (Å²) in [7, 11) is 1.85. The Bertz CT molecular complexity index is 684. The number of benzene rings is 1. The lowest BCUT2D eigenvalue weighted by molar-refractivity contribution is -0.671. The number of carbonyl (C=O) groups is 2. The number of phenols is 1. The van der Waals surface area contributed by atoms with Crippen molar-refractivity contribution in [2.24, 2.45) is 7.05 Å². The fourth-order valence-corrected chi connectivity index (χ4v) is 1.91. The highest BCUT2D eigenvalue weighted by molar-refractivity contribution is 6.00. The third-order valence-electron chi connectivity index (χ3n) is 2.77. The van der Waals surface area contributed by atoms with Gasteiger partial charge in [0.05, 0.1) is 12.7 Å². The molecule has 0 unspecified atom stereocenters. The van der Waals surface area contributed by atoms with Crippen molar-refractivity contribution in [3.63, 3.8) is 0 Å². The first-order valence-electron chi connectivity index (χ1n) is 6.36. The summed E-state index contributed by atoms with van der Waals surface area (Å²) in [6.45, 7) is 1.46. The minimum absolute atomic E-state index is 0. The molecule has 1 aromatic heterocycles. The average molecular weight is 325 g/mol. The normalized spacial score (nSPS) is 9.73. The summed E-state index contributed by atoms with van der Waals surface area (Å²) in [6.07, 6.45) is 5.34. The summed E-state index contributed by atoms with van der Waals surface area (Å²) in [5.74, 6) is -0.694. The SMILES string of the molecule is CC(=O)Nc1cccc(O)c1NC(=O)Cn1cc[n+](C)c1.[Cl-]. The molecule has 2 rings (SSSR count). The molecule has 0 saturated heterocycles. The number of nitrogens with zero attached hydrogens (tertiary/aromatic N) is 2. The average Bonchev–Trinajstić information content (AvgIpc) is 2.78. The number of nitrogens with one attached hydrogen (secondary N) is 2. The summed E-state index contributed by atoms with van der Waals surface area (Å²) in [4.78, 5) is 23.2. The van der Waals surface area contributed by atoms with Gasteiger partial charge in [-0.05, 0) is 12.1 Å². The van der Waals surface area contributed by atoms with Crippen LogP contribution in [0.3, 0.4) is 0 Å². The maximum atomic E-state index is 12.0. The number of anilines is 2. The van der Waals surface area contributed by atoms with E-state index in [0.29, 0.717) is 5.69 Å². The number of halogens is 1. The van der Waals surface area contributed by atoms with E-state index >= 15 is 0 Å². The van der Waals surface area contributed by atoms with Gasteiger partial charge in [0.15, 0.2) is 6.54 Å². The van der Waals surface area contributed by atoms with Gasteiger partial charge in [-0.15, -0.1) is 0 Å². The van der Waals surface area contributed by atoms with Crippen molar-refractivity contribution in [2.75, 3.05) is 10.6 Å². The first-order valence-corrected chi connectivity index (χ1v) is 6.36. The molecule has 1 heterocycles. The first kappa shape index (κ1) is 17.5. The van der Waals surface area contributed by atoms with Crippen LogP contribution in [0.25, 0.3) is 0 Å². The molecule has 0 fully saturated rings. The van der Waals surface area contributed by atoms with Gasteiger partial charge in [-0.2, -0.15) is 0 Å². The maximum Gasteiger partial charge on any atom is 0.266 e. The maximum absolute atomic E-state index is 12.0. The summed E-state index contributed by atoms with van der Waals surface area (Å²) in [5, 5.41) is 15.0. The van der Waals surface area contributed by atoms with Crippen molar-refractivity contribution in [2.45, 2.75) is 13.5 Å². The molecule has 2 aromatic rings. The Kier molecular flexibility index (Phi) is 5.94. The number of imidazole rings is 1. The Morgan fingerprint density at radius 2 is 2.05 bits per heavy atom. The zero-order valence-electron chi connectivity index (χ0n) is 12.2. The van der Waals surface area contributed by atoms with E-state index < -0.39 is 0 Å². The summed E-state index contributed by atoms with van der Waals surface area (Å²) < 4.78 is 3.52. The highest BCUT2D eigenvalue weighted by atomic mass is 35.5. The summed E-state index contributed by atoms with van der Waals surface area (Å²) in [6, 6.07) is 4.63. The summed E-state index contributed by atoms with van der Waals surface area (Å²) in [5.41, 5.74) is 0.545. The Balaban J connectivity index is 0.00000242. The Morgan fingerprint density at radius 3 is 2.64 bits per heavy atom. The smallest absolute Gasteiger partial charge is 0.266 e. The molecule has 0 atom stereocenters. The minimum Gasteiger partial charge on any atom is -1.00 e. The minimum atomic E-state index is -0.306. The van der Waals surface area contributed by atoms with Crippen LogP contribution in [0.4, 0.5) is 11.4 Å². The molecule has 22 heavy (non-hydrogen) atoms. The van der Waals surface area contributed by atoms with Gasteiger partial charge < -0.3 is 28.1 Å². The fourth-order valence-electron chi connectivity index (χ4n) is 1.91.